The molecule has 92 valence electrons. The predicted octanol–water partition coefficient (Wildman–Crippen LogP) is 4.34. The minimum absolute atomic E-state index is 0.109. The Morgan fingerprint density at radius 1 is 1.22 bits per heavy atom. The molecular formula is C14H10BrClO2. The van der Waals surface area contributed by atoms with Crippen LogP contribution in [-0.2, 0) is 0 Å². The Morgan fingerprint density at radius 3 is 2.61 bits per heavy atom. The van der Waals surface area contributed by atoms with E-state index in [1.165, 1.54) is 0 Å². The van der Waals surface area contributed by atoms with E-state index in [4.69, 9.17) is 16.3 Å². The number of carbonyl (C=O) groups excluding carboxylic acids is 1. The van der Waals surface area contributed by atoms with Gasteiger partial charge in [-0.25, -0.2) is 0 Å². The van der Waals surface area contributed by atoms with Crippen molar-refractivity contribution in [2.45, 2.75) is 0 Å². The third-order valence-electron chi connectivity index (χ3n) is 2.53. The molecule has 0 aliphatic rings. The highest BCUT2D eigenvalue weighted by atomic mass is 79.9. The summed E-state index contributed by atoms with van der Waals surface area (Å²) in [5, 5.41) is 0.510. The molecule has 0 saturated heterocycles. The van der Waals surface area contributed by atoms with Crippen LogP contribution in [0.1, 0.15) is 15.9 Å². The molecule has 2 aromatic carbocycles. The van der Waals surface area contributed by atoms with Gasteiger partial charge in [0.15, 0.2) is 5.78 Å². The second-order valence-corrected chi connectivity index (χ2v) is 4.92. The van der Waals surface area contributed by atoms with Crippen LogP contribution >= 0.6 is 27.5 Å². The smallest absolute Gasteiger partial charge is 0.196 e. The number of halogens is 2. The average Bonchev–Trinajstić information content (AvgIpc) is 2.41. The largest absolute Gasteiger partial charge is 0.496 e. The lowest BCUT2D eigenvalue weighted by molar-refractivity contribution is 0.103. The molecule has 0 spiro atoms. The zero-order valence-electron chi connectivity index (χ0n) is 9.61. The SMILES string of the molecule is COc1ccccc1C(=O)c1ccc(Br)c(Cl)c1. The van der Waals surface area contributed by atoms with Gasteiger partial charge in [-0.1, -0.05) is 23.7 Å². The van der Waals surface area contributed by atoms with E-state index >= 15 is 0 Å². The molecule has 0 amide bonds. The third-order valence-corrected chi connectivity index (χ3v) is 3.77. The monoisotopic (exact) mass is 324 g/mol. The molecule has 0 bridgehead atoms. The molecule has 4 heteroatoms. The summed E-state index contributed by atoms with van der Waals surface area (Å²) in [5.41, 5.74) is 1.06. The van der Waals surface area contributed by atoms with Crippen LogP contribution in [-0.4, -0.2) is 12.9 Å². The van der Waals surface area contributed by atoms with Crippen LogP contribution in [0.15, 0.2) is 46.9 Å². The summed E-state index contributed by atoms with van der Waals surface area (Å²) in [7, 11) is 1.54. The Labute approximate surface area is 119 Å². The highest BCUT2D eigenvalue weighted by Crippen LogP contribution is 2.26. The van der Waals surface area contributed by atoms with Gasteiger partial charge in [-0.15, -0.1) is 0 Å². The number of ketones is 1. The number of hydrogen-bond acceptors (Lipinski definition) is 2. The molecule has 18 heavy (non-hydrogen) atoms. The Balaban J connectivity index is 2.44. The number of para-hydroxylation sites is 1. The van der Waals surface area contributed by atoms with Gasteiger partial charge in [0.2, 0.25) is 0 Å². The van der Waals surface area contributed by atoms with Crippen molar-refractivity contribution in [3.63, 3.8) is 0 Å². The fourth-order valence-corrected chi connectivity index (χ4v) is 2.05. The first-order valence-electron chi connectivity index (χ1n) is 5.26. The van der Waals surface area contributed by atoms with E-state index < -0.39 is 0 Å². The van der Waals surface area contributed by atoms with Gasteiger partial charge in [-0.3, -0.25) is 4.79 Å². The first-order chi connectivity index (χ1) is 8.63. The van der Waals surface area contributed by atoms with Gasteiger partial charge >= 0.3 is 0 Å². The van der Waals surface area contributed by atoms with Crippen molar-refractivity contribution in [1.82, 2.24) is 0 Å². The zero-order chi connectivity index (χ0) is 13.1. The lowest BCUT2D eigenvalue weighted by Gasteiger charge is -2.07. The zero-order valence-corrected chi connectivity index (χ0v) is 12.0. The van der Waals surface area contributed by atoms with E-state index in [1.807, 2.05) is 6.07 Å². The van der Waals surface area contributed by atoms with Crippen molar-refractivity contribution in [2.75, 3.05) is 7.11 Å². The topological polar surface area (TPSA) is 26.3 Å². The van der Waals surface area contributed by atoms with Gasteiger partial charge in [0.25, 0.3) is 0 Å². The van der Waals surface area contributed by atoms with E-state index in [2.05, 4.69) is 15.9 Å². The molecule has 0 radical (unpaired) electrons. The molecule has 2 nitrogen and oxygen atoms in total. The maximum atomic E-state index is 12.3. The maximum Gasteiger partial charge on any atom is 0.196 e. The number of ether oxygens (including phenoxy) is 1. The van der Waals surface area contributed by atoms with Crippen LogP contribution < -0.4 is 4.74 Å². The molecular weight excluding hydrogens is 316 g/mol. The van der Waals surface area contributed by atoms with Crippen molar-refractivity contribution >= 4 is 33.3 Å². The summed E-state index contributed by atoms with van der Waals surface area (Å²) >= 11 is 9.28. The molecule has 0 unspecified atom stereocenters. The van der Waals surface area contributed by atoms with E-state index in [9.17, 15) is 4.79 Å². The Hall–Kier alpha value is -1.32. The molecule has 2 aromatic rings. The number of hydrogen-bond donors (Lipinski definition) is 0. The van der Waals surface area contributed by atoms with Crippen molar-refractivity contribution in [3.8, 4) is 5.75 Å². The van der Waals surface area contributed by atoms with Crippen molar-refractivity contribution in [2.24, 2.45) is 0 Å². The van der Waals surface area contributed by atoms with E-state index in [-0.39, 0.29) is 5.78 Å². The number of rotatable bonds is 3. The second kappa shape index (κ2) is 5.55. The predicted molar refractivity (Wildman–Crippen MR) is 75.6 cm³/mol. The normalized spacial score (nSPS) is 10.2. The first kappa shape index (κ1) is 13.1. The number of benzene rings is 2. The van der Waals surface area contributed by atoms with Crippen LogP contribution in [0.3, 0.4) is 0 Å². The Bertz CT molecular complexity index is 596. The van der Waals surface area contributed by atoms with Crippen molar-refractivity contribution < 1.29 is 9.53 Å². The summed E-state index contributed by atoms with van der Waals surface area (Å²) in [6.45, 7) is 0. The minimum atomic E-state index is -0.109. The Kier molecular flexibility index (Phi) is 4.04. The molecule has 0 heterocycles. The summed E-state index contributed by atoms with van der Waals surface area (Å²) in [4.78, 5) is 12.3. The lowest BCUT2D eigenvalue weighted by Crippen LogP contribution is -2.03. The van der Waals surface area contributed by atoms with Gasteiger partial charge in [-0.05, 0) is 46.3 Å². The fourth-order valence-electron chi connectivity index (χ4n) is 1.63. The summed E-state index contributed by atoms with van der Waals surface area (Å²) in [6, 6.07) is 12.2. The van der Waals surface area contributed by atoms with Gasteiger partial charge in [0.05, 0.1) is 17.7 Å². The summed E-state index contributed by atoms with van der Waals surface area (Å²) in [5.74, 6) is 0.448. The van der Waals surface area contributed by atoms with Crippen LogP contribution in [0.4, 0.5) is 0 Å². The first-order valence-corrected chi connectivity index (χ1v) is 6.43. The van der Waals surface area contributed by atoms with Crippen LogP contribution in [0, 0.1) is 0 Å². The van der Waals surface area contributed by atoms with Gasteiger partial charge in [0, 0.05) is 10.0 Å². The molecule has 0 N–H and O–H groups in total. The van der Waals surface area contributed by atoms with Crippen LogP contribution in [0.25, 0.3) is 0 Å². The van der Waals surface area contributed by atoms with Crippen molar-refractivity contribution in [3.05, 3.63) is 63.1 Å². The lowest BCUT2D eigenvalue weighted by atomic mass is 10.0. The highest BCUT2D eigenvalue weighted by Gasteiger charge is 2.14. The summed E-state index contributed by atoms with van der Waals surface area (Å²) in [6.07, 6.45) is 0. The summed E-state index contributed by atoms with van der Waals surface area (Å²) < 4.78 is 5.94. The van der Waals surface area contributed by atoms with Crippen molar-refractivity contribution in [1.29, 1.82) is 0 Å². The molecule has 0 aliphatic heterocycles. The van der Waals surface area contributed by atoms with Gasteiger partial charge in [-0.2, -0.15) is 0 Å². The molecule has 0 atom stereocenters. The van der Waals surface area contributed by atoms with Crippen LogP contribution in [0.5, 0.6) is 5.75 Å². The molecule has 2 rings (SSSR count). The van der Waals surface area contributed by atoms with E-state index in [0.717, 1.165) is 4.47 Å². The minimum Gasteiger partial charge on any atom is -0.496 e. The molecule has 0 fully saturated rings. The maximum absolute atomic E-state index is 12.3. The van der Waals surface area contributed by atoms with Crippen LogP contribution in [0.2, 0.25) is 5.02 Å². The standard InChI is InChI=1S/C14H10BrClO2/c1-18-13-5-3-2-4-10(13)14(17)9-6-7-11(15)12(16)8-9/h2-8H,1H3. The van der Waals surface area contributed by atoms with E-state index in [1.54, 1.807) is 43.5 Å². The molecule has 0 saturated carbocycles. The number of methoxy groups -OCH3 is 1. The Morgan fingerprint density at radius 2 is 1.94 bits per heavy atom. The second-order valence-electron chi connectivity index (χ2n) is 3.66. The molecule has 0 aromatic heterocycles. The van der Waals surface area contributed by atoms with Gasteiger partial charge in [0.1, 0.15) is 5.75 Å². The third kappa shape index (κ3) is 2.57. The quantitative estimate of drug-likeness (QED) is 0.785. The van der Waals surface area contributed by atoms with Gasteiger partial charge < -0.3 is 4.74 Å². The fraction of sp³-hybridized carbons (Fsp3) is 0.0714. The highest BCUT2D eigenvalue weighted by molar-refractivity contribution is 9.10. The number of carbonyl (C=O) groups is 1. The van der Waals surface area contributed by atoms with E-state index in [0.29, 0.717) is 21.9 Å². The molecule has 0 aliphatic carbocycles. The average molecular weight is 326 g/mol.